The van der Waals surface area contributed by atoms with Crippen LogP contribution >= 0.6 is 0 Å². The monoisotopic (exact) mass is 265 g/mol. The lowest BCUT2D eigenvalue weighted by atomic mass is 9.96. The number of rotatable bonds is 4. The van der Waals surface area contributed by atoms with E-state index in [2.05, 4.69) is 4.90 Å². The van der Waals surface area contributed by atoms with E-state index in [1.165, 1.54) is 6.07 Å². The minimum Gasteiger partial charge on any atom is -0.466 e. The lowest BCUT2D eigenvalue weighted by Gasteiger charge is -2.30. The van der Waals surface area contributed by atoms with Gasteiger partial charge in [-0.15, -0.1) is 0 Å². The predicted molar refractivity (Wildman–Crippen MR) is 71.0 cm³/mol. The van der Waals surface area contributed by atoms with Crippen LogP contribution in [0.1, 0.15) is 25.3 Å². The van der Waals surface area contributed by atoms with Crippen LogP contribution in [0, 0.1) is 11.7 Å². The van der Waals surface area contributed by atoms with Gasteiger partial charge in [-0.1, -0.05) is 18.2 Å². The molecule has 0 amide bonds. The molecule has 1 heterocycles. The molecule has 0 unspecified atom stereocenters. The zero-order chi connectivity index (χ0) is 13.7. The quantitative estimate of drug-likeness (QED) is 0.784. The highest BCUT2D eigenvalue weighted by Gasteiger charge is 2.26. The zero-order valence-corrected chi connectivity index (χ0v) is 11.3. The molecule has 1 fully saturated rings. The smallest absolute Gasteiger partial charge is 0.309 e. The second kappa shape index (κ2) is 6.66. The van der Waals surface area contributed by atoms with Crippen LogP contribution in [0.2, 0.25) is 0 Å². The van der Waals surface area contributed by atoms with Crippen LogP contribution in [0.15, 0.2) is 24.3 Å². The van der Waals surface area contributed by atoms with E-state index in [9.17, 15) is 9.18 Å². The van der Waals surface area contributed by atoms with Crippen LogP contribution in [0.25, 0.3) is 0 Å². The van der Waals surface area contributed by atoms with E-state index in [-0.39, 0.29) is 17.7 Å². The van der Waals surface area contributed by atoms with Gasteiger partial charge in [-0.05, 0) is 38.9 Å². The topological polar surface area (TPSA) is 29.5 Å². The minimum atomic E-state index is -0.157. The summed E-state index contributed by atoms with van der Waals surface area (Å²) in [6.07, 6.45) is 1.60. The Morgan fingerprint density at radius 3 is 2.68 bits per heavy atom. The number of hydrogen-bond donors (Lipinski definition) is 0. The average molecular weight is 265 g/mol. The van der Waals surface area contributed by atoms with Gasteiger partial charge in [0.05, 0.1) is 12.5 Å². The van der Waals surface area contributed by atoms with Gasteiger partial charge in [0.2, 0.25) is 0 Å². The molecule has 0 bridgehead atoms. The molecular formula is C15H20FNO2. The molecule has 0 radical (unpaired) electrons. The Kier molecular flexibility index (Phi) is 4.91. The fourth-order valence-corrected chi connectivity index (χ4v) is 2.45. The Morgan fingerprint density at radius 2 is 2.05 bits per heavy atom. The van der Waals surface area contributed by atoms with E-state index in [1.54, 1.807) is 6.07 Å². The van der Waals surface area contributed by atoms with Gasteiger partial charge in [0.15, 0.2) is 0 Å². The normalized spacial score (nSPS) is 17.4. The maximum absolute atomic E-state index is 13.5. The lowest BCUT2D eigenvalue weighted by molar-refractivity contribution is -0.149. The molecule has 1 saturated heterocycles. The fourth-order valence-electron chi connectivity index (χ4n) is 2.45. The van der Waals surface area contributed by atoms with Crippen LogP contribution in [-0.2, 0) is 16.1 Å². The van der Waals surface area contributed by atoms with E-state index in [4.69, 9.17) is 4.74 Å². The molecule has 1 aromatic rings. The van der Waals surface area contributed by atoms with Crippen molar-refractivity contribution in [2.24, 2.45) is 5.92 Å². The number of hydrogen-bond acceptors (Lipinski definition) is 3. The van der Waals surface area contributed by atoms with Gasteiger partial charge in [-0.2, -0.15) is 0 Å². The van der Waals surface area contributed by atoms with Crippen molar-refractivity contribution in [1.82, 2.24) is 4.90 Å². The number of ether oxygens (including phenoxy) is 1. The predicted octanol–water partition coefficient (Wildman–Crippen LogP) is 2.60. The minimum absolute atomic E-state index is 0.0109. The number of likely N-dealkylation sites (tertiary alicyclic amines) is 1. The number of halogens is 1. The third-order valence-electron chi connectivity index (χ3n) is 3.56. The third-order valence-corrected chi connectivity index (χ3v) is 3.56. The number of esters is 1. The van der Waals surface area contributed by atoms with E-state index in [1.807, 2.05) is 19.1 Å². The van der Waals surface area contributed by atoms with Crippen LogP contribution in [0.4, 0.5) is 4.39 Å². The molecule has 2 rings (SSSR count). The summed E-state index contributed by atoms with van der Waals surface area (Å²) in [5, 5.41) is 0. The van der Waals surface area contributed by atoms with E-state index in [0.29, 0.717) is 13.2 Å². The molecule has 0 atom stereocenters. The van der Waals surface area contributed by atoms with Crippen molar-refractivity contribution in [1.29, 1.82) is 0 Å². The Hall–Kier alpha value is -1.42. The van der Waals surface area contributed by atoms with Crippen LogP contribution in [-0.4, -0.2) is 30.6 Å². The van der Waals surface area contributed by atoms with Gasteiger partial charge in [0.25, 0.3) is 0 Å². The zero-order valence-electron chi connectivity index (χ0n) is 11.3. The highest BCUT2D eigenvalue weighted by Crippen LogP contribution is 2.21. The van der Waals surface area contributed by atoms with Crippen LogP contribution < -0.4 is 0 Å². The van der Waals surface area contributed by atoms with Gasteiger partial charge in [0.1, 0.15) is 5.82 Å². The Bertz CT molecular complexity index is 428. The molecule has 4 heteroatoms. The Morgan fingerprint density at radius 1 is 1.37 bits per heavy atom. The van der Waals surface area contributed by atoms with Crippen LogP contribution in [0.3, 0.4) is 0 Å². The van der Waals surface area contributed by atoms with Crippen LogP contribution in [0.5, 0.6) is 0 Å². The number of nitrogens with zero attached hydrogens (tertiary/aromatic N) is 1. The SMILES string of the molecule is CCOC(=O)C1CCN(Cc2ccccc2F)CC1. The molecule has 1 aliphatic rings. The summed E-state index contributed by atoms with van der Waals surface area (Å²) in [4.78, 5) is 13.8. The van der Waals surface area contributed by atoms with Gasteiger partial charge in [0, 0.05) is 12.1 Å². The second-order valence-electron chi connectivity index (χ2n) is 4.89. The summed E-state index contributed by atoms with van der Waals surface area (Å²) < 4.78 is 18.6. The van der Waals surface area contributed by atoms with E-state index < -0.39 is 0 Å². The Labute approximate surface area is 113 Å². The molecule has 1 aliphatic heterocycles. The molecule has 0 aliphatic carbocycles. The highest BCUT2D eigenvalue weighted by molar-refractivity contribution is 5.72. The number of carbonyl (C=O) groups is 1. The highest BCUT2D eigenvalue weighted by atomic mass is 19.1. The summed E-state index contributed by atoms with van der Waals surface area (Å²) in [6.45, 7) is 4.51. The molecule has 0 aromatic heterocycles. The summed E-state index contributed by atoms with van der Waals surface area (Å²) in [7, 11) is 0. The van der Waals surface area contributed by atoms with Crippen molar-refractivity contribution >= 4 is 5.97 Å². The maximum atomic E-state index is 13.5. The van der Waals surface area contributed by atoms with Gasteiger partial charge in [-0.25, -0.2) is 4.39 Å². The number of carbonyl (C=O) groups excluding carboxylic acids is 1. The van der Waals surface area contributed by atoms with Crippen molar-refractivity contribution in [3.05, 3.63) is 35.6 Å². The number of benzene rings is 1. The number of piperidine rings is 1. The first-order valence-corrected chi connectivity index (χ1v) is 6.83. The van der Waals surface area contributed by atoms with Crippen molar-refractivity contribution in [3.8, 4) is 0 Å². The first-order valence-electron chi connectivity index (χ1n) is 6.83. The molecule has 19 heavy (non-hydrogen) atoms. The summed E-state index contributed by atoms with van der Waals surface area (Å²) >= 11 is 0. The van der Waals surface area contributed by atoms with Gasteiger partial charge in [-0.3, -0.25) is 9.69 Å². The molecule has 0 spiro atoms. The van der Waals surface area contributed by atoms with Crippen molar-refractivity contribution in [2.45, 2.75) is 26.3 Å². The molecule has 0 saturated carbocycles. The van der Waals surface area contributed by atoms with E-state index in [0.717, 1.165) is 31.5 Å². The standard InChI is InChI=1S/C15H20FNO2/c1-2-19-15(18)12-7-9-17(10-8-12)11-13-5-3-4-6-14(13)16/h3-6,12H,2,7-11H2,1H3. The van der Waals surface area contributed by atoms with Gasteiger partial charge < -0.3 is 4.74 Å². The van der Waals surface area contributed by atoms with Crippen molar-refractivity contribution < 1.29 is 13.9 Å². The van der Waals surface area contributed by atoms with Crippen molar-refractivity contribution in [2.75, 3.05) is 19.7 Å². The second-order valence-corrected chi connectivity index (χ2v) is 4.89. The molecular weight excluding hydrogens is 245 g/mol. The molecule has 1 aromatic carbocycles. The third kappa shape index (κ3) is 3.77. The maximum Gasteiger partial charge on any atom is 0.309 e. The summed E-state index contributed by atoms with van der Waals surface area (Å²) in [5.74, 6) is -0.236. The summed E-state index contributed by atoms with van der Waals surface area (Å²) in [5.41, 5.74) is 0.720. The molecule has 104 valence electrons. The average Bonchev–Trinajstić information content (AvgIpc) is 2.42. The Balaban J connectivity index is 1.84. The molecule has 0 N–H and O–H groups in total. The molecule has 3 nitrogen and oxygen atoms in total. The van der Waals surface area contributed by atoms with Crippen molar-refractivity contribution in [3.63, 3.8) is 0 Å². The lowest BCUT2D eigenvalue weighted by Crippen LogP contribution is -2.36. The largest absolute Gasteiger partial charge is 0.466 e. The fraction of sp³-hybridized carbons (Fsp3) is 0.533. The van der Waals surface area contributed by atoms with E-state index >= 15 is 0 Å². The first-order chi connectivity index (χ1) is 9.20. The summed E-state index contributed by atoms with van der Waals surface area (Å²) in [6, 6.07) is 6.85. The first kappa shape index (κ1) is 14.0. The van der Waals surface area contributed by atoms with Gasteiger partial charge >= 0.3 is 5.97 Å².